The first kappa shape index (κ1) is 11.6. The number of nitrogens with two attached hydrogens (primary N) is 1. The first-order chi connectivity index (χ1) is 7.76. The second kappa shape index (κ2) is 5.00. The fraction of sp³-hybridized carbons (Fsp3) is 0.538. The number of anilines is 2. The Hall–Kier alpha value is -0.830. The Labute approximate surface area is 102 Å². The molecule has 0 amide bonds. The van der Waals surface area contributed by atoms with Gasteiger partial charge in [0.25, 0.3) is 0 Å². The molecule has 0 aliphatic heterocycles. The molecule has 0 unspecified atom stereocenters. The molecule has 1 aliphatic carbocycles. The van der Waals surface area contributed by atoms with Gasteiger partial charge in [-0.1, -0.05) is 25.0 Å². The smallest absolute Gasteiger partial charge is 0.0574 e. The van der Waals surface area contributed by atoms with Crippen LogP contribution >= 0.6 is 11.8 Å². The predicted molar refractivity (Wildman–Crippen MR) is 74.1 cm³/mol. The molecule has 0 saturated heterocycles. The van der Waals surface area contributed by atoms with Crippen molar-refractivity contribution >= 4 is 23.1 Å². The summed E-state index contributed by atoms with van der Waals surface area (Å²) in [6.07, 6.45) is 7.61. The van der Waals surface area contributed by atoms with Crippen molar-refractivity contribution in [3.63, 3.8) is 0 Å². The monoisotopic (exact) mass is 236 g/mol. The predicted octanol–water partition coefficient (Wildman–Crippen LogP) is 3.36. The van der Waals surface area contributed by atoms with Crippen molar-refractivity contribution in [3.05, 3.63) is 24.3 Å². The summed E-state index contributed by atoms with van der Waals surface area (Å²) < 4.78 is 0.433. The number of para-hydroxylation sites is 2. The Bertz CT molecular complexity index is 346. The molecule has 2 rings (SSSR count). The van der Waals surface area contributed by atoms with Gasteiger partial charge in [-0.2, -0.15) is 11.8 Å². The summed E-state index contributed by atoms with van der Waals surface area (Å²) in [5.74, 6) is 0. The molecule has 88 valence electrons. The first-order valence-corrected chi connectivity index (χ1v) is 7.12. The number of nitrogen functional groups attached to an aromatic ring is 1. The van der Waals surface area contributed by atoms with E-state index in [1.54, 1.807) is 0 Å². The summed E-state index contributed by atoms with van der Waals surface area (Å²) in [5, 5.41) is 3.50. The summed E-state index contributed by atoms with van der Waals surface area (Å²) >= 11 is 2.00. The molecule has 1 aromatic rings. The molecule has 1 aliphatic rings. The highest BCUT2D eigenvalue weighted by molar-refractivity contribution is 8.00. The molecule has 0 bridgehead atoms. The second-order valence-electron chi connectivity index (χ2n) is 4.54. The van der Waals surface area contributed by atoms with Crippen molar-refractivity contribution in [3.8, 4) is 0 Å². The van der Waals surface area contributed by atoms with Gasteiger partial charge in [0.2, 0.25) is 0 Å². The highest BCUT2D eigenvalue weighted by Gasteiger charge is 2.32. The van der Waals surface area contributed by atoms with E-state index >= 15 is 0 Å². The summed E-state index contributed by atoms with van der Waals surface area (Å²) in [5.41, 5.74) is 7.84. The molecular weight excluding hydrogens is 216 g/mol. The van der Waals surface area contributed by atoms with Crippen LogP contribution in [0.4, 0.5) is 11.4 Å². The average molecular weight is 236 g/mol. The number of thioether (sulfide) groups is 1. The minimum atomic E-state index is 0.433. The topological polar surface area (TPSA) is 38.0 Å². The van der Waals surface area contributed by atoms with E-state index in [-0.39, 0.29) is 0 Å². The van der Waals surface area contributed by atoms with E-state index in [0.29, 0.717) is 4.75 Å². The molecule has 0 aromatic heterocycles. The van der Waals surface area contributed by atoms with Crippen LogP contribution in [0.2, 0.25) is 0 Å². The van der Waals surface area contributed by atoms with Crippen LogP contribution in [0.25, 0.3) is 0 Å². The maximum atomic E-state index is 5.92. The summed E-state index contributed by atoms with van der Waals surface area (Å²) in [6.45, 7) is 1.03. The SMILES string of the molecule is CSC1(CNc2ccccc2N)CCCC1. The van der Waals surface area contributed by atoms with Crippen LogP contribution in [-0.2, 0) is 0 Å². The van der Waals surface area contributed by atoms with Gasteiger partial charge < -0.3 is 11.1 Å². The fourth-order valence-electron chi connectivity index (χ4n) is 2.39. The molecule has 1 saturated carbocycles. The van der Waals surface area contributed by atoms with Crippen LogP contribution in [0, 0.1) is 0 Å². The third-order valence-corrected chi connectivity index (χ3v) is 4.93. The molecule has 0 spiro atoms. The van der Waals surface area contributed by atoms with Crippen molar-refractivity contribution in [1.29, 1.82) is 0 Å². The summed E-state index contributed by atoms with van der Waals surface area (Å²) in [6, 6.07) is 8.00. The standard InChI is InChI=1S/C13H20N2S/c1-16-13(8-4-5-9-13)10-15-12-7-3-2-6-11(12)14/h2-3,6-7,15H,4-5,8-10,14H2,1H3. The van der Waals surface area contributed by atoms with Gasteiger partial charge in [-0.3, -0.25) is 0 Å². The molecule has 16 heavy (non-hydrogen) atoms. The second-order valence-corrected chi connectivity index (χ2v) is 5.81. The lowest BCUT2D eigenvalue weighted by atomic mass is 10.1. The van der Waals surface area contributed by atoms with E-state index < -0.39 is 0 Å². The maximum absolute atomic E-state index is 5.92. The molecule has 1 fully saturated rings. The van der Waals surface area contributed by atoms with E-state index in [1.165, 1.54) is 25.7 Å². The van der Waals surface area contributed by atoms with E-state index in [9.17, 15) is 0 Å². The number of hydrogen-bond donors (Lipinski definition) is 2. The van der Waals surface area contributed by atoms with Crippen molar-refractivity contribution in [1.82, 2.24) is 0 Å². The Morgan fingerprint density at radius 1 is 1.31 bits per heavy atom. The zero-order valence-corrected chi connectivity index (χ0v) is 10.6. The average Bonchev–Trinajstić information content (AvgIpc) is 2.78. The quantitative estimate of drug-likeness (QED) is 0.787. The molecule has 0 heterocycles. The van der Waals surface area contributed by atoms with Crippen LogP contribution in [-0.4, -0.2) is 17.5 Å². The van der Waals surface area contributed by atoms with Crippen molar-refractivity contribution in [2.75, 3.05) is 23.9 Å². The highest BCUT2D eigenvalue weighted by atomic mass is 32.2. The molecular formula is C13H20N2S. The van der Waals surface area contributed by atoms with Gasteiger partial charge in [-0.15, -0.1) is 0 Å². The zero-order chi connectivity index (χ0) is 11.4. The van der Waals surface area contributed by atoms with Crippen molar-refractivity contribution < 1.29 is 0 Å². The van der Waals surface area contributed by atoms with Gasteiger partial charge >= 0.3 is 0 Å². The Morgan fingerprint density at radius 2 is 2.00 bits per heavy atom. The van der Waals surface area contributed by atoms with Gasteiger partial charge in [-0.25, -0.2) is 0 Å². The Balaban J connectivity index is 1.98. The van der Waals surface area contributed by atoms with E-state index in [4.69, 9.17) is 5.73 Å². The van der Waals surface area contributed by atoms with E-state index in [2.05, 4.69) is 17.6 Å². The lowest BCUT2D eigenvalue weighted by molar-refractivity contribution is 0.640. The molecule has 0 radical (unpaired) electrons. The van der Waals surface area contributed by atoms with Gasteiger partial charge in [0.1, 0.15) is 0 Å². The molecule has 2 nitrogen and oxygen atoms in total. The van der Waals surface area contributed by atoms with Gasteiger partial charge in [0, 0.05) is 11.3 Å². The summed E-state index contributed by atoms with van der Waals surface area (Å²) in [4.78, 5) is 0. The lowest BCUT2D eigenvalue weighted by Crippen LogP contribution is -2.30. The minimum Gasteiger partial charge on any atom is -0.397 e. The molecule has 1 aromatic carbocycles. The number of hydrogen-bond acceptors (Lipinski definition) is 3. The highest BCUT2D eigenvalue weighted by Crippen LogP contribution is 2.40. The van der Waals surface area contributed by atoms with Crippen LogP contribution < -0.4 is 11.1 Å². The normalized spacial score (nSPS) is 18.6. The van der Waals surface area contributed by atoms with Gasteiger partial charge in [0.15, 0.2) is 0 Å². The molecule has 3 heteroatoms. The number of rotatable bonds is 4. The number of nitrogens with one attached hydrogen (secondary N) is 1. The Kier molecular flexibility index (Phi) is 3.64. The van der Waals surface area contributed by atoms with Crippen molar-refractivity contribution in [2.45, 2.75) is 30.4 Å². The largest absolute Gasteiger partial charge is 0.397 e. The van der Waals surface area contributed by atoms with Crippen LogP contribution in [0.5, 0.6) is 0 Å². The minimum absolute atomic E-state index is 0.433. The lowest BCUT2D eigenvalue weighted by Gasteiger charge is -2.27. The third-order valence-electron chi connectivity index (χ3n) is 3.51. The first-order valence-electron chi connectivity index (χ1n) is 5.89. The molecule has 0 atom stereocenters. The van der Waals surface area contributed by atoms with Crippen molar-refractivity contribution in [2.24, 2.45) is 0 Å². The van der Waals surface area contributed by atoms with Crippen LogP contribution in [0.3, 0.4) is 0 Å². The van der Waals surface area contributed by atoms with E-state index in [1.807, 2.05) is 30.0 Å². The van der Waals surface area contributed by atoms with Gasteiger partial charge in [0.05, 0.1) is 11.4 Å². The fourth-order valence-corrected chi connectivity index (χ4v) is 3.30. The number of benzene rings is 1. The van der Waals surface area contributed by atoms with Crippen LogP contribution in [0.15, 0.2) is 24.3 Å². The third kappa shape index (κ3) is 2.46. The zero-order valence-electron chi connectivity index (χ0n) is 9.83. The summed E-state index contributed by atoms with van der Waals surface area (Å²) in [7, 11) is 0. The maximum Gasteiger partial charge on any atom is 0.0574 e. The van der Waals surface area contributed by atoms with Gasteiger partial charge in [-0.05, 0) is 31.2 Å². The Morgan fingerprint density at radius 3 is 2.62 bits per heavy atom. The molecule has 3 N–H and O–H groups in total. The van der Waals surface area contributed by atoms with E-state index in [0.717, 1.165) is 17.9 Å². The van der Waals surface area contributed by atoms with Crippen LogP contribution in [0.1, 0.15) is 25.7 Å².